The first kappa shape index (κ1) is 17.8. The van der Waals surface area contributed by atoms with Crippen molar-refractivity contribution in [2.45, 2.75) is 19.5 Å². The zero-order chi connectivity index (χ0) is 17.9. The van der Waals surface area contributed by atoms with Crippen molar-refractivity contribution in [3.05, 3.63) is 59.2 Å². The first-order chi connectivity index (χ1) is 11.2. The normalized spacial score (nSPS) is 11.2. The van der Waals surface area contributed by atoms with Crippen molar-refractivity contribution in [3.63, 3.8) is 0 Å². The number of rotatable bonds is 4. The number of nitrogens with one attached hydrogen (secondary N) is 1. The van der Waals surface area contributed by atoms with Crippen LogP contribution in [0, 0.1) is 6.92 Å². The molecule has 0 saturated heterocycles. The van der Waals surface area contributed by atoms with E-state index in [1.807, 2.05) is 19.1 Å². The summed E-state index contributed by atoms with van der Waals surface area (Å²) in [5, 5.41) is 2.62. The minimum absolute atomic E-state index is 0.0438. The number of hydrogen-bond acceptors (Lipinski definition) is 2. The average molecular weight is 336 g/mol. The molecule has 0 aliphatic carbocycles. The first-order valence-electron chi connectivity index (χ1n) is 7.41. The highest BCUT2D eigenvalue weighted by Gasteiger charge is 2.34. The average Bonchev–Trinajstić information content (AvgIpc) is 2.48. The molecule has 0 spiro atoms. The van der Waals surface area contributed by atoms with Crippen molar-refractivity contribution in [1.82, 2.24) is 0 Å². The predicted octanol–water partition coefficient (Wildman–Crippen LogP) is 4.26. The number of hydrogen-bond donors (Lipinski definition) is 1. The number of amides is 1. The molecule has 2 rings (SSSR count). The Balaban J connectivity index is 2.21. The Kier molecular flexibility index (Phi) is 5.17. The molecular formula is C18H19F3N2O. The standard InChI is InChI=1S/C18H19F3N2O/c1-12-4-7-14(8-5-12)22-17(24)10-13-6-9-15(23(2)3)11-16(13)18(19,20)21/h4-9,11H,10H2,1-3H3,(H,22,24). The number of anilines is 2. The Morgan fingerprint density at radius 3 is 2.25 bits per heavy atom. The van der Waals surface area contributed by atoms with Gasteiger partial charge in [0, 0.05) is 25.5 Å². The summed E-state index contributed by atoms with van der Waals surface area (Å²) in [6, 6.07) is 11.1. The van der Waals surface area contributed by atoms with Crippen LogP contribution >= 0.6 is 0 Å². The summed E-state index contributed by atoms with van der Waals surface area (Å²) < 4.78 is 39.8. The summed E-state index contributed by atoms with van der Waals surface area (Å²) in [4.78, 5) is 13.7. The highest BCUT2D eigenvalue weighted by atomic mass is 19.4. The number of carbonyl (C=O) groups excluding carboxylic acids is 1. The largest absolute Gasteiger partial charge is 0.416 e. The molecule has 0 aromatic heterocycles. The number of halogens is 3. The second-order valence-electron chi connectivity index (χ2n) is 5.82. The van der Waals surface area contributed by atoms with E-state index in [0.29, 0.717) is 11.4 Å². The third-order valence-corrected chi connectivity index (χ3v) is 3.60. The highest BCUT2D eigenvalue weighted by molar-refractivity contribution is 5.92. The third kappa shape index (κ3) is 4.50. The van der Waals surface area contributed by atoms with Crippen LogP contribution < -0.4 is 10.2 Å². The van der Waals surface area contributed by atoms with Gasteiger partial charge in [-0.05, 0) is 36.8 Å². The van der Waals surface area contributed by atoms with E-state index in [4.69, 9.17) is 0 Å². The third-order valence-electron chi connectivity index (χ3n) is 3.60. The van der Waals surface area contributed by atoms with Crippen LogP contribution in [-0.4, -0.2) is 20.0 Å². The molecule has 24 heavy (non-hydrogen) atoms. The van der Waals surface area contributed by atoms with Crippen molar-refractivity contribution in [2.75, 3.05) is 24.3 Å². The smallest absolute Gasteiger partial charge is 0.378 e. The number of benzene rings is 2. The zero-order valence-electron chi connectivity index (χ0n) is 13.7. The maximum Gasteiger partial charge on any atom is 0.416 e. The molecule has 0 radical (unpaired) electrons. The number of aryl methyl sites for hydroxylation is 1. The van der Waals surface area contributed by atoms with E-state index >= 15 is 0 Å². The van der Waals surface area contributed by atoms with E-state index in [0.717, 1.165) is 11.6 Å². The van der Waals surface area contributed by atoms with Gasteiger partial charge in [0.2, 0.25) is 5.91 Å². The highest BCUT2D eigenvalue weighted by Crippen LogP contribution is 2.34. The van der Waals surface area contributed by atoms with E-state index < -0.39 is 17.6 Å². The van der Waals surface area contributed by atoms with Gasteiger partial charge in [0.15, 0.2) is 0 Å². The Hall–Kier alpha value is -2.50. The Bertz CT molecular complexity index is 722. The van der Waals surface area contributed by atoms with Gasteiger partial charge in [0.1, 0.15) is 0 Å². The zero-order valence-corrected chi connectivity index (χ0v) is 13.7. The van der Waals surface area contributed by atoms with Crippen molar-refractivity contribution < 1.29 is 18.0 Å². The van der Waals surface area contributed by atoms with E-state index in [2.05, 4.69) is 5.32 Å². The van der Waals surface area contributed by atoms with Gasteiger partial charge >= 0.3 is 6.18 Å². The fourth-order valence-corrected chi connectivity index (χ4v) is 2.28. The van der Waals surface area contributed by atoms with E-state index in [9.17, 15) is 18.0 Å². The number of nitrogens with zero attached hydrogens (tertiary/aromatic N) is 1. The molecule has 2 aromatic carbocycles. The topological polar surface area (TPSA) is 32.3 Å². The van der Waals surface area contributed by atoms with Crippen LogP contribution in [0.4, 0.5) is 24.5 Å². The summed E-state index contributed by atoms with van der Waals surface area (Å²) in [5.74, 6) is -0.484. The van der Waals surface area contributed by atoms with Gasteiger partial charge in [-0.2, -0.15) is 13.2 Å². The van der Waals surface area contributed by atoms with Crippen molar-refractivity contribution in [3.8, 4) is 0 Å². The van der Waals surface area contributed by atoms with Crippen LogP contribution in [-0.2, 0) is 17.4 Å². The molecule has 2 aromatic rings. The van der Waals surface area contributed by atoms with E-state index in [1.165, 1.54) is 6.07 Å². The van der Waals surface area contributed by atoms with Gasteiger partial charge < -0.3 is 10.2 Å². The molecule has 0 atom stereocenters. The summed E-state index contributed by atoms with van der Waals surface area (Å²) in [7, 11) is 3.33. The molecule has 1 amide bonds. The molecule has 3 nitrogen and oxygen atoms in total. The molecule has 0 bridgehead atoms. The molecular weight excluding hydrogens is 317 g/mol. The molecule has 6 heteroatoms. The van der Waals surface area contributed by atoms with Crippen molar-refractivity contribution in [2.24, 2.45) is 0 Å². The maximum absolute atomic E-state index is 13.3. The van der Waals surface area contributed by atoms with Gasteiger partial charge in [0.05, 0.1) is 12.0 Å². The minimum atomic E-state index is -4.51. The van der Waals surface area contributed by atoms with Crippen LogP contribution in [0.2, 0.25) is 0 Å². The van der Waals surface area contributed by atoms with Crippen LogP contribution in [0.5, 0.6) is 0 Å². The molecule has 0 fully saturated rings. The summed E-state index contributed by atoms with van der Waals surface area (Å²) >= 11 is 0. The SMILES string of the molecule is Cc1ccc(NC(=O)Cc2ccc(N(C)C)cc2C(F)(F)F)cc1. The molecule has 0 heterocycles. The lowest BCUT2D eigenvalue weighted by molar-refractivity contribution is -0.138. The fourth-order valence-electron chi connectivity index (χ4n) is 2.28. The maximum atomic E-state index is 13.3. The summed E-state index contributed by atoms with van der Waals surface area (Å²) in [6.07, 6.45) is -4.85. The minimum Gasteiger partial charge on any atom is -0.378 e. The molecule has 0 saturated carbocycles. The van der Waals surface area contributed by atoms with Crippen molar-refractivity contribution in [1.29, 1.82) is 0 Å². The fraction of sp³-hybridized carbons (Fsp3) is 0.278. The van der Waals surface area contributed by atoms with Crippen LogP contribution in [0.3, 0.4) is 0 Å². The monoisotopic (exact) mass is 336 g/mol. The van der Waals surface area contributed by atoms with Gasteiger partial charge in [-0.15, -0.1) is 0 Å². The van der Waals surface area contributed by atoms with Crippen LogP contribution in [0.15, 0.2) is 42.5 Å². The first-order valence-corrected chi connectivity index (χ1v) is 7.41. The Labute approximate surface area is 139 Å². The van der Waals surface area contributed by atoms with Gasteiger partial charge in [-0.3, -0.25) is 4.79 Å². The summed E-state index contributed by atoms with van der Waals surface area (Å²) in [6.45, 7) is 1.91. The lowest BCUT2D eigenvalue weighted by atomic mass is 10.0. The van der Waals surface area contributed by atoms with E-state index in [-0.39, 0.29) is 12.0 Å². The quantitative estimate of drug-likeness (QED) is 0.905. The van der Waals surface area contributed by atoms with Crippen LogP contribution in [0.1, 0.15) is 16.7 Å². The molecule has 0 unspecified atom stereocenters. The molecule has 1 N–H and O–H groups in total. The number of alkyl halides is 3. The molecule has 128 valence electrons. The predicted molar refractivity (Wildman–Crippen MR) is 89.3 cm³/mol. The Morgan fingerprint density at radius 2 is 1.71 bits per heavy atom. The lowest BCUT2D eigenvalue weighted by Gasteiger charge is -2.18. The lowest BCUT2D eigenvalue weighted by Crippen LogP contribution is -2.19. The second kappa shape index (κ2) is 6.95. The molecule has 0 aliphatic rings. The Morgan fingerprint density at radius 1 is 1.08 bits per heavy atom. The second-order valence-corrected chi connectivity index (χ2v) is 5.82. The van der Waals surface area contributed by atoms with Crippen molar-refractivity contribution >= 4 is 17.3 Å². The molecule has 0 aliphatic heterocycles. The van der Waals surface area contributed by atoms with Gasteiger partial charge in [-0.1, -0.05) is 23.8 Å². The van der Waals surface area contributed by atoms with Gasteiger partial charge in [-0.25, -0.2) is 0 Å². The van der Waals surface area contributed by atoms with Crippen LogP contribution in [0.25, 0.3) is 0 Å². The van der Waals surface area contributed by atoms with Gasteiger partial charge in [0.25, 0.3) is 0 Å². The number of carbonyl (C=O) groups is 1. The van der Waals surface area contributed by atoms with E-state index in [1.54, 1.807) is 37.2 Å². The summed E-state index contributed by atoms with van der Waals surface area (Å²) in [5.41, 5.74) is 1.20.